The van der Waals surface area contributed by atoms with Crippen molar-refractivity contribution in [2.75, 3.05) is 0 Å². The Labute approximate surface area is 84.6 Å². The fraction of sp³-hybridized carbons (Fsp3) is 0.455. The molecule has 0 aliphatic rings. The van der Waals surface area contributed by atoms with Crippen molar-refractivity contribution in [1.82, 2.24) is 0 Å². The normalized spacial score (nSPS) is 10.2. The Morgan fingerprint density at radius 3 is 2.33 bits per heavy atom. The number of hydrogen-bond acceptors (Lipinski definition) is 0. The van der Waals surface area contributed by atoms with Crippen LogP contribution in [0.25, 0.3) is 0 Å². The summed E-state index contributed by atoms with van der Waals surface area (Å²) in [5.74, 6) is 0. The second-order valence-electron chi connectivity index (χ2n) is 3.44. The Bertz CT molecular complexity index is 213. The van der Waals surface area contributed by atoms with Gasteiger partial charge in [0.25, 0.3) is 0 Å². The van der Waals surface area contributed by atoms with Gasteiger partial charge in [0.1, 0.15) is 0 Å². The van der Waals surface area contributed by atoms with Crippen LogP contribution in [0.2, 0.25) is 0 Å². The van der Waals surface area contributed by atoms with E-state index in [4.69, 9.17) is 0 Å². The second kappa shape index (κ2) is 5.46. The van der Waals surface area contributed by atoms with Crippen LogP contribution in [0.3, 0.4) is 0 Å². The van der Waals surface area contributed by atoms with E-state index < -0.39 is 0 Å². The molecule has 1 aromatic carbocycles. The van der Waals surface area contributed by atoms with Gasteiger partial charge in [-0.3, -0.25) is 0 Å². The molecule has 60 valence electrons. The summed E-state index contributed by atoms with van der Waals surface area (Å²) in [7, 11) is 0. The molecule has 0 saturated heterocycles. The van der Waals surface area contributed by atoms with Crippen LogP contribution in [0.1, 0.15) is 31.7 Å². The third-order valence-electron chi connectivity index (χ3n) is 2.19. The first kappa shape index (κ1) is 9.90. The van der Waals surface area contributed by atoms with Gasteiger partial charge in [-0.2, -0.15) is 0 Å². The van der Waals surface area contributed by atoms with Crippen molar-refractivity contribution >= 4 is 22.0 Å². The van der Waals surface area contributed by atoms with Gasteiger partial charge in [-0.15, -0.1) is 0 Å². The number of unbranched alkanes of at least 4 members (excludes halogenated alkanes) is 2. The summed E-state index contributed by atoms with van der Waals surface area (Å²) in [6.07, 6.45) is 5.24. The Hall–Kier alpha value is -0.183. The van der Waals surface area contributed by atoms with E-state index in [1.165, 1.54) is 35.5 Å². The van der Waals surface area contributed by atoms with Crippen molar-refractivity contribution in [2.24, 2.45) is 0 Å². The molecule has 0 bridgehead atoms. The number of hydrogen-bond donors (Lipinski definition) is 0. The van der Waals surface area contributed by atoms with Crippen LogP contribution in [-0.2, 0) is 6.42 Å². The van der Waals surface area contributed by atoms with E-state index >= 15 is 0 Å². The molecule has 0 fully saturated rings. The van der Waals surface area contributed by atoms with E-state index in [0.29, 0.717) is 0 Å². The van der Waals surface area contributed by atoms with Gasteiger partial charge in [0.15, 0.2) is 0 Å². The van der Waals surface area contributed by atoms with Crippen LogP contribution in [0.5, 0.6) is 0 Å². The Morgan fingerprint density at radius 1 is 1.08 bits per heavy atom. The topological polar surface area (TPSA) is 0 Å². The van der Waals surface area contributed by atoms with Crippen LogP contribution >= 0.6 is 0 Å². The predicted octanol–water partition coefficient (Wildman–Crippen LogP) is 2.21. The Balaban J connectivity index is 2.37. The summed E-state index contributed by atoms with van der Waals surface area (Å²) >= 11 is 2.13. The molecular formula is C11H15Li. The molecular weight excluding hydrogens is 139 g/mol. The van der Waals surface area contributed by atoms with E-state index in [0.717, 1.165) is 0 Å². The van der Waals surface area contributed by atoms with Crippen LogP contribution in [0, 0.1) is 0 Å². The molecule has 0 nitrogen and oxygen atoms in total. The van der Waals surface area contributed by atoms with Crippen LogP contribution in [0.4, 0.5) is 0 Å². The molecule has 0 aliphatic heterocycles. The van der Waals surface area contributed by atoms with Crippen molar-refractivity contribution in [2.45, 2.75) is 32.6 Å². The van der Waals surface area contributed by atoms with E-state index in [1.54, 1.807) is 0 Å². The van der Waals surface area contributed by atoms with Gasteiger partial charge in [0.05, 0.1) is 0 Å². The molecule has 0 aromatic heterocycles. The first-order valence-corrected chi connectivity index (χ1v) is 4.88. The van der Waals surface area contributed by atoms with E-state index in [1.807, 2.05) is 0 Å². The number of benzene rings is 1. The average molecular weight is 154 g/mol. The molecule has 0 spiro atoms. The SMILES string of the molecule is [Li][c]1ccc(CCCCC)cc1. The maximum atomic E-state index is 2.25. The van der Waals surface area contributed by atoms with Gasteiger partial charge in [-0.25, -0.2) is 0 Å². The van der Waals surface area contributed by atoms with Crippen molar-refractivity contribution in [1.29, 1.82) is 0 Å². The summed E-state index contributed by atoms with van der Waals surface area (Å²) in [5, 5.41) is 0. The van der Waals surface area contributed by atoms with E-state index in [9.17, 15) is 0 Å². The summed E-state index contributed by atoms with van der Waals surface area (Å²) in [5.41, 5.74) is 1.48. The number of rotatable bonds is 4. The van der Waals surface area contributed by atoms with Crippen LogP contribution < -0.4 is 4.24 Å². The molecule has 0 heterocycles. The summed E-state index contributed by atoms with van der Waals surface area (Å²) in [6, 6.07) is 8.87. The van der Waals surface area contributed by atoms with Gasteiger partial charge in [-0.05, 0) is 0 Å². The zero-order valence-corrected chi connectivity index (χ0v) is 8.14. The Kier molecular flexibility index (Phi) is 4.51. The molecule has 1 rings (SSSR count). The zero-order chi connectivity index (χ0) is 8.81. The fourth-order valence-corrected chi connectivity index (χ4v) is 1.33. The van der Waals surface area contributed by atoms with Crippen LogP contribution in [0.15, 0.2) is 24.3 Å². The second-order valence-corrected chi connectivity index (χ2v) is 3.44. The first-order chi connectivity index (χ1) is 5.83. The minimum atomic E-state index is 1.24. The monoisotopic (exact) mass is 154 g/mol. The van der Waals surface area contributed by atoms with Gasteiger partial charge >= 0.3 is 84.4 Å². The Morgan fingerprint density at radius 2 is 1.75 bits per heavy atom. The molecule has 0 aliphatic carbocycles. The van der Waals surface area contributed by atoms with Gasteiger partial charge < -0.3 is 0 Å². The molecule has 1 heteroatoms. The van der Waals surface area contributed by atoms with E-state index in [-0.39, 0.29) is 0 Å². The maximum absolute atomic E-state index is 2.25. The molecule has 1 aromatic rings. The van der Waals surface area contributed by atoms with Crippen molar-refractivity contribution in [3.63, 3.8) is 0 Å². The zero-order valence-electron chi connectivity index (χ0n) is 8.14. The molecule has 0 amide bonds. The molecule has 0 radical (unpaired) electrons. The predicted molar refractivity (Wildman–Crippen MR) is 55.1 cm³/mol. The van der Waals surface area contributed by atoms with Gasteiger partial charge in [0, 0.05) is 0 Å². The molecule has 0 saturated carbocycles. The summed E-state index contributed by atoms with van der Waals surface area (Å²) < 4.78 is 1.36. The molecule has 0 atom stereocenters. The fourth-order valence-electron chi connectivity index (χ4n) is 1.33. The summed E-state index contributed by atoms with van der Waals surface area (Å²) in [6.45, 7) is 2.25. The quantitative estimate of drug-likeness (QED) is 0.460. The van der Waals surface area contributed by atoms with Gasteiger partial charge in [-0.1, -0.05) is 0 Å². The van der Waals surface area contributed by atoms with Crippen LogP contribution in [-0.4, -0.2) is 17.7 Å². The minimum absolute atomic E-state index is 1.24. The van der Waals surface area contributed by atoms with Crippen molar-refractivity contribution in [3.05, 3.63) is 29.8 Å². The molecule has 0 unspecified atom stereocenters. The van der Waals surface area contributed by atoms with Crippen molar-refractivity contribution in [3.8, 4) is 0 Å². The number of aryl methyl sites for hydroxylation is 1. The van der Waals surface area contributed by atoms with E-state index in [2.05, 4.69) is 48.9 Å². The third-order valence-corrected chi connectivity index (χ3v) is 2.19. The van der Waals surface area contributed by atoms with Gasteiger partial charge in [0.2, 0.25) is 0 Å². The van der Waals surface area contributed by atoms with Crippen molar-refractivity contribution < 1.29 is 0 Å². The standard InChI is InChI=1S/C11H15.Li/c1-2-3-5-8-11-9-6-4-7-10-11;/h6-7,9-10H,2-3,5,8H2,1H3;. The average Bonchev–Trinajstić information content (AvgIpc) is 2.09. The third kappa shape index (κ3) is 3.48. The molecule has 12 heavy (non-hydrogen) atoms. The summed E-state index contributed by atoms with van der Waals surface area (Å²) in [4.78, 5) is 0. The first-order valence-electron chi connectivity index (χ1n) is 4.88. The molecule has 0 N–H and O–H groups in total.